The minimum absolute atomic E-state index is 0.174. The highest BCUT2D eigenvalue weighted by atomic mass is 16.5. The minimum Gasteiger partial charge on any atom is -0.481 e. The SMILES string of the molecule is Cc1cccc(O[C@H](C)C(=O)NNC(=O)Cc2cccc3ccccc23)c1C. The lowest BCUT2D eigenvalue weighted by atomic mass is 10.0. The third-order valence-corrected chi connectivity index (χ3v) is 4.78. The number of benzene rings is 3. The smallest absolute Gasteiger partial charge is 0.279 e. The molecule has 0 aromatic heterocycles. The second-order valence-corrected chi connectivity index (χ2v) is 6.81. The van der Waals surface area contributed by atoms with Crippen molar-refractivity contribution in [1.29, 1.82) is 0 Å². The molecular weight excluding hydrogens is 352 g/mol. The normalized spacial score (nSPS) is 11.7. The highest BCUT2D eigenvalue weighted by Gasteiger charge is 2.17. The molecule has 2 amide bonds. The molecule has 0 bridgehead atoms. The summed E-state index contributed by atoms with van der Waals surface area (Å²) in [6.45, 7) is 5.58. The van der Waals surface area contributed by atoms with Gasteiger partial charge in [0, 0.05) is 0 Å². The first-order valence-corrected chi connectivity index (χ1v) is 9.24. The molecule has 2 N–H and O–H groups in total. The van der Waals surface area contributed by atoms with Crippen LogP contribution in [0, 0.1) is 13.8 Å². The van der Waals surface area contributed by atoms with E-state index in [9.17, 15) is 9.59 Å². The summed E-state index contributed by atoms with van der Waals surface area (Å²) in [5, 5.41) is 2.10. The van der Waals surface area contributed by atoms with E-state index in [0.29, 0.717) is 5.75 Å². The summed E-state index contributed by atoms with van der Waals surface area (Å²) < 4.78 is 5.73. The third kappa shape index (κ3) is 4.49. The quantitative estimate of drug-likeness (QED) is 0.669. The lowest BCUT2D eigenvalue weighted by Gasteiger charge is -2.17. The van der Waals surface area contributed by atoms with E-state index >= 15 is 0 Å². The lowest BCUT2D eigenvalue weighted by molar-refractivity contribution is -0.132. The van der Waals surface area contributed by atoms with E-state index in [2.05, 4.69) is 10.9 Å². The Morgan fingerprint density at radius 2 is 1.64 bits per heavy atom. The Bertz CT molecular complexity index is 1010. The Hall–Kier alpha value is -3.34. The van der Waals surface area contributed by atoms with Crippen LogP contribution in [0.2, 0.25) is 0 Å². The maximum atomic E-state index is 12.3. The van der Waals surface area contributed by atoms with Crippen LogP contribution in [0.25, 0.3) is 10.8 Å². The summed E-state index contributed by atoms with van der Waals surface area (Å²) in [5.41, 5.74) is 7.90. The molecule has 0 saturated heterocycles. The first-order chi connectivity index (χ1) is 13.5. The van der Waals surface area contributed by atoms with Crippen LogP contribution in [0.15, 0.2) is 60.7 Å². The maximum absolute atomic E-state index is 12.3. The monoisotopic (exact) mass is 376 g/mol. The molecule has 5 nitrogen and oxygen atoms in total. The van der Waals surface area contributed by atoms with E-state index < -0.39 is 12.0 Å². The second kappa shape index (κ2) is 8.57. The molecule has 28 heavy (non-hydrogen) atoms. The van der Waals surface area contributed by atoms with E-state index in [-0.39, 0.29) is 12.3 Å². The Labute approximate surface area is 164 Å². The molecular formula is C23H24N2O3. The van der Waals surface area contributed by atoms with Gasteiger partial charge < -0.3 is 4.74 Å². The van der Waals surface area contributed by atoms with Gasteiger partial charge >= 0.3 is 0 Å². The van der Waals surface area contributed by atoms with Gasteiger partial charge in [-0.3, -0.25) is 20.4 Å². The number of hydrazine groups is 1. The van der Waals surface area contributed by atoms with Gasteiger partial charge in [0.2, 0.25) is 5.91 Å². The summed E-state index contributed by atoms with van der Waals surface area (Å²) in [7, 11) is 0. The molecule has 0 saturated carbocycles. The largest absolute Gasteiger partial charge is 0.481 e. The third-order valence-electron chi connectivity index (χ3n) is 4.78. The number of hydrogen-bond donors (Lipinski definition) is 2. The number of nitrogens with one attached hydrogen (secondary N) is 2. The zero-order valence-electron chi connectivity index (χ0n) is 16.3. The van der Waals surface area contributed by atoms with Crippen molar-refractivity contribution in [2.45, 2.75) is 33.3 Å². The average molecular weight is 376 g/mol. The standard InChI is InChI=1S/C23H24N2O3/c1-15-8-6-13-21(16(15)2)28-17(3)23(27)25-24-22(26)14-19-11-7-10-18-9-4-5-12-20(18)19/h4-13,17H,14H2,1-3H3,(H,24,26)(H,25,27)/t17-/m1/s1. The van der Waals surface area contributed by atoms with Gasteiger partial charge in [0.15, 0.2) is 6.10 Å². The van der Waals surface area contributed by atoms with Crippen molar-refractivity contribution >= 4 is 22.6 Å². The summed E-state index contributed by atoms with van der Waals surface area (Å²) in [6, 6.07) is 19.4. The van der Waals surface area contributed by atoms with Crippen molar-refractivity contribution < 1.29 is 14.3 Å². The number of fused-ring (bicyclic) bond motifs is 1. The minimum atomic E-state index is -0.738. The first-order valence-electron chi connectivity index (χ1n) is 9.24. The molecule has 3 aromatic rings. The predicted octanol–water partition coefficient (Wildman–Crippen LogP) is 3.61. The molecule has 0 radical (unpaired) electrons. The van der Waals surface area contributed by atoms with Crippen molar-refractivity contribution in [1.82, 2.24) is 10.9 Å². The molecule has 3 aromatic carbocycles. The molecule has 0 aliphatic rings. The fourth-order valence-corrected chi connectivity index (χ4v) is 2.99. The van der Waals surface area contributed by atoms with E-state index in [1.165, 1.54) is 0 Å². The van der Waals surface area contributed by atoms with Crippen molar-refractivity contribution in [2.75, 3.05) is 0 Å². The van der Waals surface area contributed by atoms with Crippen LogP contribution in [0.1, 0.15) is 23.6 Å². The van der Waals surface area contributed by atoms with Crippen LogP contribution >= 0.6 is 0 Å². The van der Waals surface area contributed by atoms with Gasteiger partial charge in [-0.05, 0) is 54.3 Å². The highest BCUT2D eigenvalue weighted by molar-refractivity contribution is 5.91. The molecule has 0 heterocycles. The van der Waals surface area contributed by atoms with Gasteiger partial charge in [0.1, 0.15) is 5.75 Å². The van der Waals surface area contributed by atoms with Gasteiger partial charge in [-0.1, -0.05) is 54.6 Å². The lowest BCUT2D eigenvalue weighted by Crippen LogP contribution is -2.47. The predicted molar refractivity (Wildman–Crippen MR) is 110 cm³/mol. The number of ether oxygens (including phenoxy) is 1. The number of carbonyl (C=O) groups is 2. The molecule has 0 aliphatic carbocycles. The van der Waals surface area contributed by atoms with Crippen molar-refractivity contribution in [3.05, 3.63) is 77.4 Å². The molecule has 0 aliphatic heterocycles. The van der Waals surface area contributed by atoms with Crippen LogP contribution in [0.5, 0.6) is 5.75 Å². The topological polar surface area (TPSA) is 67.4 Å². The molecule has 3 rings (SSSR count). The summed E-state index contributed by atoms with van der Waals surface area (Å²) in [5.74, 6) is -0.0412. The van der Waals surface area contributed by atoms with E-state index in [4.69, 9.17) is 4.74 Å². The van der Waals surface area contributed by atoms with Crippen LogP contribution in [0.4, 0.5) is 0 Å². The number of amides is 2. The summed E-state index contributed by atoms with van der Waals surface area (Å²) in [4.78, 5) is 24.5. The Morgan fingerprint density at radius 3 is 2.46 bits per heavy atom. The number of carbonyl (C=O) groups excluding carboxylic acids is 2. The van der Waals surface area contributed by atoms with Crippen molar-refractivity contribution in [3.63, 3.8) is 0 Å². The summed E-state index contributed by atoms with van der Waals surface area (Å²) in [6.07, 6.45) is -0.563. The molecule has 0 fully saturated rings. The Kier molecular flexibility index (Phi) is 5.94. The van der Waals surface area contributed by atoms with Gasteiger partial charge in [0.25, 0.3) is 5.91 Å². The zero-order chi connectivity index (χ0) is 20.1. The molecule has 1 atom stereocenters. The van der Waals surface area contributed by atoms with Crippen molar-refractivity contribution in [2.24, 2.45) is 0 Å². The van der Waals surface area contributed by atoms with E-state index in [1.807, 2.05) is 74.5 Å². The Balaban J connectivity index is 1.56. The zero-order valence-corrected chi connectivity index (χ0v) is 16.3. The van der Waals surface area contributed by atoms with Gasteiger partial charge in [0.05, 0.1) is 6.42 Å². The molecule has 5 heteroatoms. The van der Waals surface area contributed by atoms with Crippen LogP contribution in [-0.4, -0.2) is 17.9 Å². The molecule has 0 spiro atoms. The van der Waals surface area contributed by atoms with Gasteiger partial charge in [-0.2, -0.15) is 0 Å². The van der Waals surface area contributed by atoms with Crippen LogP contribution < -0.4 is 15.6 Å². The fraction of sp³-hybridized carbons (Fsp3) is 0.217. The maximum Gasteiger partial charge on any atom is 0.279 e. The highest BCUT2D eigenvalue weighted by Crippen LogP contribution is 2.22. The number of hydrogen-bond acceptors (Lipinski definition) is 3. The Morgan fingerprint density at radius 1 is 0.929 bits per heavy atom. The van der Waals surface area contributed by atoms with Crippen LogP contribution in [-0.2, 0) is 16.0 Å². The van der Waals surface area contributed by atoms with E-state index in [1.54, 1.807) is 6.92 Å². The van der Waals surface area contributed by atoms with Crippen LogP contribution in [0.3, 0.4) is 0 Å². The van der Waals surface area contributed by atoms with E-state index in [0.717, 1.165) is 27.5 Å². The molecule has 144 valence electrons. The molecule has 0 unspecified atom stereocenters. The fourth-order valence-electron chi connectivity index (χ4n) is 2.99. The van der Waals surface area contributed by atoms with Gasteiger partial charge in [-0.15, -0.1) is 0 Å². The van der Waals surface area contributed by atoms with Crippen molar-refractivity contribution in [3.8, 4) is 5.75 Å². The summed E-state index contributed by atoms with van der Waals surface area (Å²) >= 11 is 0. The number of aryl methyl sites for hydroxylation is 1. The van der Waals surface area contributed by atoms with Gasteiger partial charge in [-0.25, -0.2) is 0 Å². The number of rotatable bonds is 5. The first kappa shape index (κ1) is 19.4. The second-order valence-electron chi connectivity index (χ2n) is 6.81. The average Bonchev–Trinajstić information content (AvgIpc) is 2.70.